The van der Waals surface area contributed by atoms with Crippen molar-refractivity contribution in [2.45, 2.75) is 55.4 Å². The molecule has 1 nitrogen and oxygen atoms in total. The summed E-state index contributed by atoms with van der Waals surface area (Å²) in [5.41, 5.74) is 13.4. The van der Waals surface area contributed by atoms with Crippen LogP contribution in [0.3, 0.4) is 0 Å². The lowest BCUT2D eigenvalue weighted by Crippen LogP contribution is -2.07. The zero-order valence-electron chi connectivity index (χ0n) is 17.2. The van der Waals surface area contributed by atoms with Gasteiger partial charge in [0.1, 0.15) is 0 Å². The Kier molecular flexibility index (Phi) is 4.52. The molecule has 0 bridgehead atoms. The summed E-state index contributed by atoms with van der Waals surface area (Å²) in [6.45, 7) is 16.8. The summed E-state index contributed by atoms with van der Waals surface area (Å²) in [5, 5.41) is 0. The van der Waals surface area contributed by atoms with Crippen LogP contribution >= 0.6 is 0 Å². The van der Waals surface area contributed by atoms with Crippen molar-refractivity contribution in [3.8, 4) is 0 Å². The van der Waals surface area contributed by atoms with Crippen molar-refractivity contribution < 1.29 is 4.79 Å². The molecule has 0 radical (unpaired) electrons. The second-order valence-corrected chi connectivity index (χ2v) is 7.88. The van der Waals surface area contributed by atoms with Crippen LogP contribution in [0.1, 0.15) is 58.4 Å². The highest BCUT2D eigenvalue weighted by Crippen LogP contribution is 2.43. The van der Waals surface area contributed by atoms with Crippen LogP contribution in [0.2, 0.25) is 0 Å². The highest BCUT2D eigenvalue weighted by molar-refractivity contribution is 6.47. The van der Waals surface area contributed by atoms with Crippen LogP contribution in [0.15, 0.2) is 35.4 Å². The molecule has 2 aromatic carbocycles. The van der Waals surface area contributed by atoms with Gasteiger partial charge in [0.2, 0.25) is 0 Å². The zero-order chi connectivity index (χ0) is 19.3. The second-order valence-electron chi connectivity index (χ2n) is 7.88. The third-order valence-corrected chi connectivity index (χ3v) is 5.62. The van der Waals surface area contributed by atoms with Crippen molar-refractivity contribution in [2.75, 3.05) is 0 Å². The van der Waals surface area contributed by atoms with Crippen molar-refractivity contribution in [3.63, 3.8) is 0 Å². The normalized spacial score (nSPS) is 14.7. The molecule has 1 aliphatic rings. The maximum absolute atomic E-state index is 13.6. The number of hydrogen-bond donors (Lipinski definition) is 0. The lowest BCUT2D eigenvalue weighted by Gasteiger charge is -2.16. The highest BCUT2D eigenvalue weighted by Gasteiger charge is 2.32. The van der Waals surface area contributed by atoms with E-state index in [2.05, 4.69) is 79.7 Å². The van der Waals surface area contributed by atoms with Gasteiger partial charge in [0, 0.05) is 11.1 Å². The molecule has 0 fully saturated rings. The molecule has 3 rings (SSSR count). The quantitative estimate of drug-likeness (QED) is 0.619. The third-order valence-electron chi connectivity index (χ3n) is 5.62. The van der Waals surface area contributed by atoms with E-state index in [1.807, 2.05) is 0 Å². The molecule has 0 saturated heterocycles. The van der Waals surface area contributed by atoms with E-state index in [9.17, 15) is 4.79 Å². The first-order chi connectivity index (χ1) is 12.1. The molecule has 0 heterocycles. The average molecular weight is 344 g/mol. The van der Waals surface area contributed by atoms with Gasteiger partial charge in [0.15, 0.2) is 5.78 Å². The van der Waals surface area contributed by atoms with Crippen LogP contribution in [0, 0.1) is 41.5 Å². The van der Waals surface area contributed by atoms with E-state index in [1.54, 1.807) is 0 Å². The fraction of sp³-hybridized carbons (Fsp3) is 0.320. The minimum Gasteiger partial charge on any atom is -0.289 e. The monoisotopic (exact) mass is 344 g/mol. The van der Waals surface area contributed by atoms with Crippen LogP contribution in [0.4, 0.5) is 0 Å². The van der Waals surface area contributed by atoms with E-state index in [4.69, 9.17) is 0 Å². The first kappa shape index (κ1) is 18.4. The molecule has 0 aromatic heterocycles. The number of ketones is 1. The first-order valence-corrected chi connectivity index (χ1v) is 9.26. The van der Waals surface area contributed by atoms with Crippen molar-refractivity contribution in [3.05, 3.63) is 79.9 Å². The van der Waals surface area contributed by atoms with Crippen molar-refractivity contribution in [1.29, 1.82) is 0 Å². The molecule has 0 atom stereocenters. The smallest absolute Gasteiger partial charge is 0.194 e. The summed E-state index contributed by atoms with van der Waals surface area (Å²) >= 11 is 0. The molecular formula is C25H28O. The topological polar surface area (TPSA) is 17.1 Å². The van der Waals surface area contributed by atoms with Gasteiger partial charge in [-0.15, -0.1) is 0 Å². The van der Waals surface area contributed by atoms with Crippen molar-refractivity contribution >= 4 is 16.9 Å². The Hall–Kier alpha value is -2.41. The summed E-state index contributed by atoms with van der Waals surface area (Å²) in [6.07, 6.45) is 0. The second kappa shape index (κ2) is 6.39. The number of benzene rings is 2. The molecule has 0 saturated carbocycles. The van der Waals surface area contributed by atoms with Gasteiger partial charge in [-0.3, -0.25) is 4.79 Å². The minimum atomic E-state index is 0.171. The number of aryl methyl sites for hydroxylation is 6. The van der Waals surface area contributed by atoms with E-state index in [0.29, 0.717) is 0 Å². The molecule has 1 heteroatoms. The average Bonchev–Trinajstić information content (AvgIpc) is 2.71. The Bertz CT molecular complexity index is 885. The number of carbonyl (C=O) groups is 1. The van der Waals surface area contributed by atoms with E-state index in [0.717, 1.165) is 33.4 Å². The Labute approximate surface area is 157 Å². The molecule has 0 aliphatic heterocycles. The van der Waals surface area contributed by atoms with Crippen LogP contribution in [-0.4, -0.2) is 5.78 Å². The number of Topliss-reactive ketones (excluding diaryl/α,β-unsaturated/α-hetero) is 1. The van der Waals surface area contributed by atoms with E-state index in [1.165, 1.54) is 33.4 Å². The van der Waals surface area contributed by atoms with E-state index < -0.39 is 0 Å². The molecule has 134 valence electrons. The molecule has 0 unspecified atom stereocenters. The van der Waals surface area contributed by atoms with Gasteiger partial charge >= 0.3 is 0 Å². The fourth-order valence-electron chi connectivity index (χ4n) is 4.59. The summed E-state index contributed by atoms with van der Waals surface area (Å²) in [6, 6.07) is 8.69. The SMILES string of the molecule is CC1=C(c2c(C)cc(C)cc2C)C(=O)C(c2c(C)cc(C)cc2C)=C1C. The number of allylic oxidation sites excluding steroid dienone is 4. The number of hydrogen-bond acceptors (Lipinski definition) is 1. The third kappa shape index (κ3) is 2.76. The maximum atomic E-state index is 13.6. The Morgan fingerprint density at radius 1 is 0.500 bits per heavy atom. The number of carbonyl (C=O) groups excluding carboxylic acids is 1. The van der Waals surface area contributed by atoms with Gasteiger partial charge in [0.25, 0.3) is 0 Å². The standard InChI is InChI=1S/C25H28O/c1-13-9-15(3)21(16(4)10-13)23-19(7)20(8)24(25(23)26)22-17(5)11-14(2)12-18(22)6/h9-12H,1-8H3. The Morgan fingerprint density at radius 2 is 0.769 bits per heavy atom. The maximum Gasteiger partial charge on any atom is 0.194 e. The van der Waals surface area contributed by atoms with Gasteiger partial charge in [0.05, 0.1) is 0 Å². The Morgan fingerprint density at radius 3 is 1.04 bits per heavy atom. The van der Waals surface area contributed by atoms with Crippen LogP contribution in [0.5, 0.6) is 0 Å². The van der Waals surface area contributed by atoms with Crippen molar-refractivity contribution in [1.82, 2.24) is 0 Å². The van der Waals surface area contributed by atoms with Gasteiger partial charge in [-0.2, -0.15) is 0 Å². The lowest BCUT2D eigenvalue weighted by atomic mass is 9.87. The Balaban J connectivity index is 2.22. The molecule has 0 amide bonds. The van der Waals surface area contributed by atoms with Gasteiger partial charge < -0.3 is 0 Å². The van der Waals surface area contributed by atoms with Crippen LogP contribution in [-0.2, 0) is 4.79 Å². The molecule has 1 aliphatic carbocycles. The zero-order valence-corrected chi connectivity index (χ0v) is 17.2. The predicted molar refractivity (Wildman–Crippen MR) is 112 cm³/mol. The molecular weight excluding hydrogens is 316 g/mol. The molecule has 2 aromatic rings. The largest absolute Gasteiger partial charge is 0.289 e. The predicted octanol–water partition coefficient (Wildman–Crippen LogP) is 6.37. The van der Waals surface area contributed by atoms with E-state index >= 15 is 0 Å². The summed E-state index contributed by atoms with van der Waals surface area (Å²) < 4.78 is 0. The summed E-state index contributed by atoms with van der Waals surface area (Å²) in [4.78, 5) is 13.6. The summed E-state index contributed by atoms with van der Waals surface area (Å²) in [7, 11) is 0. The van der Waals surface area contributed by atoms with Gasteiger partial charge in [-0.1, -0.05) is 35.4 Å². The summed E-state index contributed by atoms with van der Waals surface area (Å²) in [5.74, 6) is 0.171. The first-order valence-electron chi connectivity index (χ1n) is 9.26. The van der Waals surface area contributed by atoms with Crippen molar-refractivity contribution in [2.24, 2.45) is 0 Å². The molecule has 0 spiro atoms. The molecule has 0 N–H and O–H groups in total. The van der Waals surface area contributed by atoms with E-state index in [-0.39, 0.29) is 5.78 Å². The lowest BCUT2D eigenvalue weighted by molar-refractivity contribution is -0.108. The van der Waals surface area contributed by atoms with Gasteiger partial charge in [-0.25, -0.2) is 0 Å². The van der Waals surface area contributed by atoms with Crippen LogP contribution in [0.25, 0.3) is 11.1 Å². The molecule has 26 heavy (non-hydrogen) atoms. The van der Waals surface area contributed by atoms with Crippen LogP contribution < -0.4 is 0 Å². The number of rotatable bonds is 2. The van der Waals surface area contributed by atoms with Gasteiger partial charge in [-0.05, 0) is 99.9 Å². The highest BCUT2D eigenvalue weighted by atomic mass is 16.1. The fourth-order valence-corrected chi connectivity index (χ4v) is 4.59. The minimum absolute atomic E-state index is 0.171.